The summed E-state index contributed by atoms with van der Waals surface area (Å²) in [7, 11) is 0. The van der Waals surface area contributed by atoms with Crippen molar-refractivity contribution in [2.24, 2.45) is 5.41 Å². The molecule has 0 atom stereocenters. The van der Waals surface area contributed by atoms with Gasteiger partial charge in [-0.15, -0.1) is 0 Å². The van der Waals surface area contributed by atoms with E-state index in [9.17, 15) is 0 Å². The van der Waals surface area contributed by atoms with E-state index in [-0.39, 0.29) is 0 Å². The highest BCUT2D eigenvalue weighted by atomic mass is 79.9. The zero-order valence-corrected chi connectivity index (χ0v) is 11.4. The van der Waals surface area contributed by atoms with Crippen molar-refractivity contribution in [3.8, 4) is 0 Å². The summed E-state index contributed by atoms with van der Waals surface area (Å²) in [5.74, 6) is 0. The van der Waals surface area contributed by atoms with Crippen LogP contribution >= 0.6 is 27.5 Å². The molecule has 1 aliphatic heterocycles. The van der Waals surface area contributed by atoms with Gasteiger partial charge in [0.05, 0.1) is 0 Å². The highest BCUT2D eigenvalue weighted by molar-refractivity contribution is 9.08. The molecule has 1 heterocycles. The zero-order chi connectivity index (χ0) is 11.1. The summed E-state index contributed by atoms with van der Waals surface area (Å²) < 4.78 is 0. The van der Waals surface area contributed by atoms with Crippen LogP contribution in [-0.2, 0) is 5.33 Å². The zero-order valence-electron chi connectivity index (χ0n) is 9.06. The van der Waals surface area contributed by atoms with E-state index in [4.69, 9.17) is 11.6 Å². The van der Waals surface area contributed by atoms with Crippen molar-refractivity contribution >= 4 is 33.2 Å². The van der Waals surface area contributed by atoms with Crippen LogP contribution in [0.1, 0.15) is 19.4 Å². The predicted octanol–water partition coefficient (Wildman–Crippen LogP) is 4.08. The molecule has 2 rings (SSSR count). The number of nitrogens with zero attached hydrogens (tertiary/aromatic N) is 1. The smallest absolute Gasteiger partial charge is 0.0410 e. The van der Waals surface area contributed by atoms with E-state index in [1.165, 1.54) is 11.3 Å². The van der Waals surface area contributed by atoms with E-state index in [1.54, 1.807) is 0 Å². The topological polar surface area (TPSA) is 3.24 Å². The summed E-state index contributed by atoms with van der Waals surface area (Å²) in [6.45, 7) is 6.86. The van der Waals surface area contributed by atoms with Crippen LogP contribution in [0.25, 0.3) is 0 Å². The van der Waals surface area contributed by atoms with Gasteiger partial charge in [-0.25, -0.2) is 0 Å². The second-order valence-electron chi connectivity index (χ2n) is 4.93. The maximum absolute atomic E-state index is 5.98. The SMILES string of the molecule is CC1(C)CN(c2ccc(Cl)cc2CBr)C1. The fourth-order valence-corrected chi connectivity index (χ4v) is 2.77. The molecule has 0 spiro atoms. The summed E-state index contributed by atoms with van der Waals surface area (Å²) in [4.78, 5) is 2.41. The summed E-state index contributed by atoms with van der Waals surface area (Å²) in [6, 6.07) is 6.12. The normalized spacial score (nSPS) is 18.8. The van der Waals surface area contributed by atoms with Gasteiger partial charge in [-0.3, -0.25) is 0 Å². The predicted molar refractivity (Wildman–Crippen MR) is 70.1 cm³/mol. The molecule has 0 aromatic heterocycles. The number of alkyl halides is 1. The lowest BCUT2D eigenvalue weighted by molar-refractivity contribution is 0.276. The van der Waals surface area contributed by atoms with Gasteiger partial charge >= 0.3 is 0 Å². The first-order chi connectivity index (χ1) is 7.02. The number of halogens is 2. The molecule has 0 unspecified atom stereocenters. The quantitative estimate of drug-likeness (QED) is 0.741. The Kier molecular flexibility index (Phi) is 3.00. The van der Waals surface area contributed by atoms with Crippen molar-refractivity contribution in [2.75, 3.05) is 18.0 Å². The molecule has 0 bridgehead atoms. The summed E-state index contributed by atoms with van der Waals surface area (Å²) in [6.07, 6.45) is 0. The van der Waals surface area contributed by atoms with Crippen LogP contribution in [0, 0.1) is 5.41 Å². The van der Waals surface area contributed by atoms with Crippen molar-refractivity contribution in [3.63, 3.8) is 0 Å². The van der Waals surface area contributed by atoms with Gasteiger partial charge < -0.3 is 4.90 Å². The minimum Gasteiger partial charge on any atom is -0.370 e. The lowest BCUT2D eigenvalue weighted by Crippen LogP contribution is -2.53. The summed E-state index contributed by atoms with van der Waals surface area (Å²) in [5.41, 5.74) is 3.05. The molecule has 1 fully saturated rings. The molecule has 1 aromatic carbocycles. The molecule has 1 aliphatic rings. The molecule has 0 N–H and O–H groups in total. The van der Waals surface area contributed by atoms with Gasteiger partial charge in [-0.2, -0.15) is 0 Å². The van der Waals surface area contributed by atoms with E-state index in [0.29, 0.717) is 5.41 Å². The molecular weight excluding hydrogens is 273 g/mol. The first kappa shape index (κ1) is 11.3. The molecule has 0 saturated carbocycles. The number of rotatable bonds is 2. The van der Waals surface area contributed by atoms with E-state index < -0.39 is 0 Å². The molecule has 82 valence electrons. The number of hydrogen-bond acceptors (Lipinski definition) is 1. The Bertz CT molecular complexity index is 368. The monoisotopic (exact) mass is 287 g/mol. The Labute approximate surface area is 105 Å². The number of hydrogen-bond donors (Lipinski definition) is 0. The van der Waals surface area contributed by atoms with Crippen molar-refractivity contribution in [1.29, 1.82) is 0 Å². The first-order valence-electron chi connectivity index (χ1n) is 5.11. The first-order valence-corrected chi connectivity index (χ1v) is 6.61. The van der Waals surface area contributed by atoms with Crippen LogP contribution in [0.5, 0.6) is 0 Å². The summed E-state index contributed by atoms with van der Waals surface area (Å²) >= 11 is 9.49. The minimum atomic E-state index is 0.462. The standard InChI is InChI=1S/C12H15BrClN/c1-12(2)7-15(8-12)11-4-3-10(14)5-9(11)6-13/h3-5H,6-8H2,1-2H3. The summed E-state index contributed by atoms with van der Waals surface area (Å²) in [5, 5.41) is 1.67. The third-order valence-corrected chi connectivity index (χ3v) is 3.60. The molecule has 3 heteroatoms. The Morgan fingerprint density at radius 1 is 1.40 bits per heavy atom. The molecular formula is C12H15BrClN. The third kappa shape index (κ3) is 2.31. The van der Waals surface area contributed by atoms with Gasteiger partial charge in [-0.1, -0.05) is 41.4 Å². The van der Waals surface area contributed by atoms with E-state index in [1.807, 2.05) is 12.1 Å². The average Bonchev–Trinajstić information content (AvgIpc) is 2.14. The Morgan fingerprint density at radius 2 is 2.07 bits per heavy atom. The van der Waals surface area contributed by atoms with Crippen LogP contribution in [-0.4, -0.2) is 13.1 Å². The van der Waals surface area contributed by atoms with Crippen molar-refractivity contribution in [2.45, 2.75) is 19.2 Å². The second kappa shape index (κ2) is 3.99. The van der Waals surface area contributed by atoms with Crippen LogP contribution in [0.4, 0.5) is 5.69 Å². The highest BCUT2D eigenvalue weighted by Crippen LogP contribution is 2.36. The number of benzene rings is 1. The van der Waals surface area contributed by atoms with Crippen molar-refractivity contribution < 1.29 is 0 Å². The lowest BCUT2D eigenvalue weighted by atomic mass is 9.83. The second-order valence-corrected chi connectivity index (χ2v) is 5.92. The molecule has 1 nitrogen and oxygen atoms in total. The third-order valence-electron chi connectivity index (χ3n) is 2.76. The van der Waals surface area contributed by atoms with Crippen LogP contribution in [0.2, 0.25) is 5.02 Å². The largest absolute Gasteiger partial charge is 0.370 e. The van der Waals surface area contributed by atoms with Gasteiger partial charge in [0.1, 0.15) is 0 Å². The molecule has 15 heavy (non-hydrogen) atoms. The van der Waals surface area contributed by atoms with Crippen molar-refractivity contribution in [1.82, 2.24) is 0 Å². The van der Waals surface area contributed by atoms with Crippen molar-refractivity contribution in [3.05, 3.63) is 28.8 Å². The Balaban J connectivity index is 2.22. The molecule has 0 radical (unpaired) electrons. The molecule has 0 amide bonds. The lowest BCUT2D eigenvalue weighted by Gasteiger charge is -2.48. The molecule has 0 aliphatic carbocycles. The maximum atomic E-state index is 5.98. The van der Waals surface area contributed by atoms with Gasteiger partial charge in [0.25, 0.3) is 0 Å². The fourth-order valence-electron chi connectivity index (χ4n) is 2.13. The number of anilines is 1. The van der Waals surface area contributed by atoms with E-state index >= 15 is 0 Å². The Hall–Kier alpha value is -0.210. The van der Waals surface area contributed by atoms with E-state index in [0.717, 1.165) is 23.4 Å². The van der Waals surface area contributed by atoms with E-state index in [2.05, 4.69) is 40.7 Å². The highest BCUT2D eigenvalue weighted by Gasteiger charge is 2.34. The minimum absolute atomic E-state index is 0.462. The van der Waals surface area contributed by atoms with Crippen LogP contribution in [0.15, 0.2) is 18.2 Å². The average molecular weight is 289 g/mol. The molecule has 1 aromatic rings. The van der Waals surface area contributed by atoms with Gasteiger partial charge in [-0.05, 0) is 29.2 Å². The van der Waals surface area contributed by atoms with Gasteiger partial charge in [0, 0.05) is 29.1 Å². The van der Waals surface area contributed by atoms with Crippen LogP contribution < -0.4 is 4.90 Å². The molecule has 1 saturated heterocycles. The maximum Gasteiger partial charge on any atom is 0.0410 e. The van der Waals surface area contributed by atoms with Gasteiger partial charge in [0.15, 0.2) is 0 Å². The van der Waals surface area contributed by atoms with Gasteiger partial charge in [0.2, 0.25) is 0 Å². The Morgan fingerprint density at radius 3 is 2.60 bits per heavy atom. The van der Waals surface area contributed by atoms with Crippen LogP contribution in [0.3, 0.4) is 0 Å². The fraction of sp³-hybridized carbons (Fsp3) is 0.500.